The van der Waals surface area contributed by atoms with E-state index in [2.05, 4.69) is 10.3 Å². The van der Waals surface area contributed by atoms with E-state index in [0.717, 1.165) is 18.8 Å². The van der Waals surface area contributed by atoms with E-state index < -0.39 is 0 Å². The molecule has 1 aliphatic rings. The Labute approximate surface area is 109 Å². The van der Waals surface area contributed by atoms with Gasteiger partial charge in [0.15, 0.2) is 0 Å². The topological polar surface area (TPSA) is 43.4 Å². The number of pyridine rings is 1. The summed E-state index contributed by atoms with van der Waals surface area (Å²) in [4.78, 5) is 4.07. The van der Waals surface area contributed by atoms with Gasteiger partial charge in [-0.2, -0.15) is 0 Å². The Kier molecular flexibility index (Phi) is 5.27. The summed E-state index contributed by atoms with van der Waals surface area (Å²) in [6.07, 6.45) is 8.68. The number of rotatable bonds is 6. The smallest absolute Gasteiger partial charge is 0.214 e. The van der Waals surface area contributed by atoms with Crippen LogP contribution >= 0.6 is 0 Å². The van der Waals surface area contributed by atoms with E-state index in [0.29, 0.717) is 12.0 Å². The van der Waals surface area contributed by atoms with Crippen molar-refractivity contribution in [2.75, 3.05) is 25.6 Å². The molecule has 0 radical (unpaired) electrons. The summed E-state index contributed by atoms with van der Waals surface area (Å²) in [5, 5.41) is 3.31. The number of hydrogen-bond donors (Lipinski definition) is 1. The summed E-state index contributed by atoms with van der Waals surface area (Å²) in [6.45, 7) is 1.58. The first kappa shape index (κ1) is 13.1. The van der Waals surface area contributed by atoms with Gasteiger partial charge in [0.2, 0.25) is 5.88 Å². The van der Waals surface area contributed by atoms with Gasteiger partial charge in [0.1, 0.15) is 0 Å². The molecule has 18 heavy (non-hydrogen) atoms. The van der Waals surface area contributed by atoms with Gasteiger partial charge in [-0.15, -0.1) is 0 Å². The number of ether oxygens (including phenoxy) is 2. The number of aromatic nitrogens is 1. The number of hydrogen-bond acceptors (Lipinski definition) is 4. The van der Waals surface area contributed by atoms with Crippen LogP contribution in [0.1, 0.15) is 32.1 Å². The normalized spacial score (nSPS) is 16.5. The van der Waals surface area contributed by atoms with Crippen LogP contribution in [0.3, 0.4) is 0 Å². The molecule has 2 rings (SSSR count). The highest BCUT2D eigenvalue weighted by Crippen LogP contribution is 2.20. The lowest BCUT2D eigenvalue weighted by atomic mass is 9.98. The zero-order valence-electron chi connectivity index (χ0n) is 11.0. The molecule has 0 amide bonds. The van der Waals surface area contributed by atoms with Crippen molar-refractivity contribution in [2.45, 2.75) is 38.2 Å². The second-order valence-electron chi connectivity index (χ2n) is 4.64. The van der Waals surface area contributed by atoms with Gasteiger partial charge < -0.3 is 14.8 Å². The Morgan fingerprint density at radius 1 is 1.33 bits per heavy atom. The maximum absolute atomic E-state index is 5.85. The third kappa shape index (κ3) is 4.18. The second kappa shape index (κ2) is 7.21. The minimum absolute atomic E-state index is 0.479. The lowest BCUT2D eigenvalue weighted by molar-refractivity contribution is 0.0347. The van der Waals surface area contributed by atoms with Crippen LogP contribution < -0.4 is 10.1 Å². The zero-order valence-corrected chi connectivity index (χ0v) is 11.0. The van der Waals surface area contributed by atoms with Crippen LogP contribution in [0.5, 0.6) is 5.88 Å². The molecule has 0 aromatic carbocycles. The van der Waals surface area contributed by atoms with Crippen molar-refractivity contribution in [3.05, 3.63) is 18.3 Å². The number of nitrogens with zero attached hydrogens (tertiary/aromatic N) is 1. The van der Waals surface area contributed by atoms with Gasteiger partial charge in [-0.3, -0.25) is 0 Å². The quantitative estimate of drug-likeness (QED) is 0.788. The summed E-state index contributed by atoms with van der Waals surface area (Å²) in [5.41, 5.74) is 1.02. The number of anilines is 1. The van der Waals surface area contributed by atoms with E-state index >= 15 is 0 Å². The summed E-state index contributed by atoms with van der Waals surface area (Å²) in [6, 6.07) is 3.82. The molecule has 4 heteroatoms. The molecular weight excluding hydrogens is 228 g/mol. The first-order chi connectivity index (χ1) is 8.88. The minimum Gasteiger partial charge on any atom is -0.481 e. The summed E-state index contributed by atoms with van der Waals surface area (Å²) < 4.78 is 10.9. The predicted octanol–water partition coefficient (Wildman–Crippen LogP) is 2.85. The SMILES string of the molecule is COc1cc(NCCOC2CCCCC2)ccn1. The van der Waals surface area contributed by atoms with E-state index in [-0.39, 0.29) is 0 Å². The van der Waals surface area contributed by atoms with Crippen molar-refractivity contribution in [1.82, 2.24) is 4.98 Å². The molecule has 4 nitrogen and oxygen atoms in total. The van der Waals surface area contributed by atoms with E-state index in [1.807, 2.05) is 12.1 Å². The molecule has 1 aromatic heterocycles. The third-order valence-electron chi connectivity index (χ3n) is 3.28. The monoisotopic (exact) mass is 250 g/mol. The van der Waals surface area contributed by atoms with Crippen molar-refractivity contribution in [1.29, 1.82) is 0 Å². The van der Waals surface area contributed by atoms with Crippen LogP contribution in [0.25, 0.3) is 0 Å². The molecular formula is C14H22N2O2. The molecule has 0 spiro atoms. The molecule has 1 fully saturated rings. The Bertz CT molecular complexity index is 351. The van der Waals surface area contributed by atoms with Gasteiger partial charge in [0.05, 0.1) is 19.8 Å². The van der Waals surface area contributed by atoms with Crippen molar-refractivity contribution >= 4 is 5.69 Å². The first-order valence-corrected chi connectivity index (χ1v) is 6.74. The first-order valence-electron chi connectivity index (χ1n) is 6.74. The van der Waals surface area contributed by atoms with Crippen LogP contribution in [0, 0.1) is 0 Å². The summed E-state index contributed by atoms with van der Waals surface area (Å²) in [7, 11) is 1.62. The molecule has 1 N–H and O–H groups in total. The third-order valence-corrected chi connectivity index (χ3v) is 3.28. The number of methoxy groups -OCH3 is 1. The van der Waals surface area contributed by atoms with Crippen molar-refractivity contribution < 1.29 is 9.47 Å². The van der Waals surface area contributed by atoms with Gasteiger partial charge in [0, 0.05) is 24.5 Å². The summed E-state index contributed by atoms with van der Waals surface area (Å²) in [5.74, 6) is 0.633. The Hall–Kier alpha value is -1.29. The Morgan fingerprint density at radius 3 is 2.94 bits per heavy atom. The fraction of sp³-hybridized carbons (Fsp3) is 0.643. The average molecular weight is 250 g/mol. The van der Waals surface area contributed by atoms with Gasteiger partial charge in [0.25, 0.3) is 0 Å². The van der Waals surface area contributed by atoms with Crippen LogP contribution in [-0.4, -0.2) is 31.3 Å². The van der Waals surface area contributed by atoms with E-state index in [1.165, 1.54) is 32.1 Å². The minimum atomic E-state index is 0.479. The molecule has 1 heterocycles. The van der Waals surface area contributed by atoms with E-state index in [9.17, 15) is 0 Å². The molecule has 100 valence electrons. The molecule has 0 saturated heterocycles. The Balaban J connectivity index is 1.65. The van der Waals surface area contributed by atoms with Crippen molar-refractivity contribution in [2.24, 2.45) is 0 Å². The van der Waals surface area contributed by atoms with Crippen LogP contribution in [-0.2, 0) is 4.74 Å². The van der Waals surface area contributed by atoms with Crippen LogP contribution in [0.4, 0.5) is 5.69 Å². The highest BCUT2D eigenvalue weighted by Gasteiger charge is 2.12. The summed E-state index contributed by atoms with van der Waals surface area (Å²) >= 11 is 0. The average Bonchev–Trinajstić information content (AvgIpc) is 2.45. The van der Waals surface area contributed by atoms with Gasteiger partial charge >= 0.3 is 0 Å². The lowest BCUT2D eigenvalue weighted by Gasteiger charge is -2.22. The molecule has 0 atom stereocenters. The second-order valence-corrected chi connectivity index (χ2v) is 4.64. The van der Waals surface area contributed by atoms with E-state index in [4.69, 9.17) is 9.47 Å². The molecule has 0 unspecified atom stereocenters. The maximum atomic E-state index is 5.85. The molecule has 1 saturated carbocycles. The van der Waals surface area contributed by atoms with Gasteiger partial charge in [-0.05, 0) is 18.9 Å². The van der Waals surface area contributed by atoms with Crippen molar-refractivity contribution in [3.8, 4) is 5.88 Å². The van der Waals surface area contributed by atoms with E-state index in [1.54, 1.807) is 13.3 Å². The lowest BCUT2D eigenvalue weighted by Crippen LogP contribution is -2.20. The standard InChI is InChI=1S/C14H22N2O2/c1-17-14-11-12(7-8-16-14)15-9-10-18-13-5-3-2-4-6-13/h7-8,11,13H,2-6,9-10H2,1H3,(H,15,16). The maximum Gasteiger partial charge on any atom is 0.214 e. The largest absolute Gasteiger partial charge is 0.481 e. The fourth-order valence-electron chi connectivity index (χ4n) is 2.28. The van der Waals surface area contributed by atoms with Crippen LogP contribution in [0.2, 0.25) is 0 Å². The Morgan fingerprint density at radius 2 is 2.17 bits per heavy atom. The molecule has 0 aliphatic heterocycles. The molecule has 0 bridgehead atoms. The highest BCUT2D eigenvalue weighted by atomic mass is 16.5. The fourth-order valence-corrected chi connectivity index (χ4v) is 2.28. The van der Waals surface area contributed by atoms with Crippen molar-refractivity contribution in [3.63, 3.8) is 0 Å². The van der Waals surface area contributed by atoms with Gasteiger partial charge in [-0.25, -0.2) is 4.98 Å². The highest BCUT2D eigenvalue weighted by molar-refractivity contribution is 5.44. The van der Waals surface area contributed by atoms with Gasteiger partial charge in [-0.1, -0.05) is 19.3 Å². The number of nitrogens with one attached hydrogen (secondary N) is 1. The molecule has 1 aliphatic carbocycles. The predicted molar refractivity (Wildman–Crippen MR) is 72.1 cm³/mol. The van der Waals surface area contributed by atoms with Crippen LogP contribution in [0.15, 0.2) is 18.3 Å². The molecule has 1 aromatic rings. The zero-order chi connectivity index (χ0) is 12.6.